The molecule has 0 aliphatic rings. The van der Waals surface area contributed by atoms with E-state index in [9.17, 15) is 9.90 Å². The number of carboxylic acids is 1. The molecule has 4 nitrogen and oxygen atoms in total. The third-order valence-corrected chi connectivity index (χ3v) is 3.30. The Morgan fingerprint density at radius 1 is 1.32 bits per heavy atom. The molecule has 0 aliphatic heterocycles. The summed E-state index contributed by atoms with van der Waals surface area (Å²) in [6.07, 6.45) is 7.99. The van der Waals surface area contributed by atoms with Gasteiger partial charge in [-0.05, 0) is 35.7 Å². The van der Waals surface area contributed by atoms with Crippen LogP contribution in [0.4, 0.5) is 0 Å². The van der Waals surface area contributed by atoms with E-state index in [-0.39, 0.29) is 0 Å². The molecule has 2 N–H and O–H groups in total. The molecule has 0 atom stereocenters. The Balaban J connectivity index is 2.19. The van der Waals surface area contributed by atoms with E-state index in [1.54, 1.807) is 6.20 Å². The number of rotatable bonds is 3. The average Bonchev–Trinajstić information content (AvgIpc) is 2.97. The molecule has 0 saturated heterocycles. The highest BCUT2D eigenvalue weighted by molar-refractivity contribution is 5.92. The van der Waals surface area contributed by atoms with Gasteiger partial charge in [-0.25, -0.2) is 4.79 Å². The van der Waals surface area contributed by atoms with E-state index in [4.69, 9.17) is 0 Å². The molecule has 3 heterocycles. The molecule has 19 heavy (non-hydrogen) atoms. The van der Waals surface area contributed by atoms with Crippen LogP contribution in [0.3, 0.4) is 0 Å². The van der Waals surface area contributed by atoms with Crippen molar-refractivity contribution in [3.8, 4) is 0 Å². The van der Waals surface area contributed by atoms with Gasteiger partial charge in [0.25, 0.3) is 0 Å². The smallest absolute Gasteiger partial charge is 0.337 e. The Bertz CT molecular complexity index is 739. The highest BCUT2D eigenvalue weighted by atomic mass is 16.4. The van der Waals surface area contributed by atoms with E-state index in [0.717, 1.165) is 22.2 Å². The lowest BCUT2D eigenvalue weighted by atomic mass is 10.0. The van der Waals surface area contributed by atoms with Gasteiger partial charge in [-0.2, -0.15) is 0 Å². The van der Waals surface area contributed by atoms with Gasteiger partial charge >= 0.3 is 5.97 Å². The Kier molecular flexibility index (Phi) is 2.63. The fourth-order valence-corrected chi connectivity index (χ4v) is 2.39. The highest BCUT2D eigenvalue weighted by Crippen LogP contribution is 2.22. The lowest BCUT2D eigenvalue weighted by molar-refractivity contribution is 0.0696. The third-order valence-electron chi connectivity index (χ3n) is 3.30. The summed E-state index contributed by atoms with van der Waals surface area (Å²) in [5.74, 6) is -0.883. The zero-order chi connectivity index (χ0) is 13.4. The first-order valence-electron chi connectivity index (χ1n) is 6.10. The van der Waals surface area contributed by atoms with Gasteiger partial charge in [-0.3, -0.25) is 0 Å². The van der Waals surface area contributed by atoms with E-state index >= 15 is 0 Å². The largest absolute Gasteiger partial charge is 0.478 e. The molecule has 0 fully saturated rings. The van der Waals surface area contributed by atoms with E-state index in [1.165, 1.54) is 0 Å². The van der Waals surface area contributed by atoms with Gasteiger partial charge < -0.3 is 14.5 Å². The van der Waals surface area contributed by atoms with Crippen molar-refractivity contribution >= 4 is 11.5 Å². The Morgan fingerprint density at radius 3 is 2.84 bits per heavy atom. The van der Waals surface area contributed by atoms with Crippen molar-refractivity contribution in [2.24, 2.45) is 0 Å². The maximum absolute atomic E-state index is 11.4. The molecule has 0 bridgehead atoms. The van der Waals surface area contributed by atoms with Crippen molar-refractivity contribution < 1.29 is 9.90 Å². The van der Waals surface area contributed by atoms with Gasteiger partial charge in [0.1, 0.15) is 0 Å². The number of fused-ring (bicyclic) bond motifs is 1. The van der Waals surface area contributed by atoms with E-state index < -0.39 is 5.97 Å². The third kappa shape index (κ3) is 2.01. The van der Waals surface area contributed by atoms with Crippen LogP contribution in [0.15, 0.2) is 43.0 Å². The second-order valence-corrected chi connectivity index (χ2v) is 4.72. The maximum atomic E-state index is 11.4. The van der Waals surface area contributed by atoms with Crippen LogP contribution in [-0.2, 0) is 6.42 Å². The molecular weight excluding hydrogens is 240 g/mol. The number of hydrogen-bond donors (Lipinski definition) is 2. The number of aromatic carboxylic acids is 1. The summed E-state index contributed by atoms with van der Waals surface area (Å²) in [4.78, 5) is 14.4. The number of nitrogens with zero attached hydrogens (tertiary/aromatic N) is 1. The molecule has 3 rings (SSSR count). The van der Waals surface area contributed by atoms with Gasteiger partial charge in [-0.15, -0.1) is 0 Å². The Labute approximate surface area is 110 Å². The van der Waals surface area contributed by atoms with Crippen LogP contribution in [0.25, 0.3) is 5.52 Å². The first-order valence-corrected chi connectivity index (χ1v) is 6.10. The van der Waals surface area contributed by atoms with E-state index in [1.807, 2.05) is 48.1 Å². The van der Waals surface area contributed by atoms with E-state index in [0.29, 0.717) is 12.0 Å². The molecule has 3 aromatic heterocycles. The second-order valence-electron chi connectivity index (χ2n) is 4.72. The normalized spacial score (nSPS) is 11.0. The number of aromatic nitrogens is 2. The number of hydrogen-bond acceptors (Lipinski definition) is 1. The fourth-order valence-electron chi connectivity index (χ4n) is 2.39. The van der Waals surface area contributed by atoms with Crippen LogP contribution >= 0.6 is 0 Å². The quantitative estimate of drug-likeness (QED) is 0.755. The highest BCUT2D eigenvalue weighted by Gasteiger charge is 2.16. The minimum atomic E-state index is -0.883. The summed E-state index contributed by atoms with van der Waals surface area (Å²) in [5.41, 5.74) is 4.35. The summed E-state index contributed by atoms with van der Waals surface area (Å²) in [6, 6.07) is 5.94. The number of nitrogens with one attached hydrogen (secondary N) is 1. The molecule has 96 valence electrons. The molecule has 0 amide bonds. The number of aromatic amines is 1. The van der Waals surface area contributed by atoms with Gasteiger partial charge in [0, 0.05) is 36.7 Å². The first kappa shape index (κ1) is 11.6. The Morgan fingerprint density at radius 2 is 2.16 bits per heavy atom. The fraction of sp³-hybridized carbons (Fsp3) is 0.133. The van der Waals surface area contributed by atoms with Crippen molar-refractivity contribution in [2.45, 2.75) is 13.3 Å². The lowest BCUT2D eigenvalue weighted by Gasteiger charge is -2.01. The summed E-state index contributed by atoms with van der Waals surface area (Å²) in [6.45, 7) is 1.99. The predicted octanol–water partition coefficient (Wildman–Crippen LogP) is 2.86. The molecule has 0 saturated carbocycles. The van der Waals surface area contributed by atoms with Gasteiger partial charge in [-0.1, -0.05) is 6.07 Å². The number of aryl methyl sites for hydroxylation is 1. The second kappa shape index (κ2) is 4.31. The van der Waals surface area contributed by atoms with Crippen LogP contribution in [0.5, 0.6) is 0 Å². The predicted molar refractivity (Wildman–Crippen MR) is 72.7 cm³/mol. The van der Waals surface area contributed by atoms with Crippen molar-refractivity contribution in [3.63, 3.8) is 0 Å². The summed E-state index contributed by atoms with van der Waals surface area (Å²) < 4.78 is 1.89. The van der Waals surface area contributed by atoms with Crippen LogP contribution < -0.4 is 0 Å². The van der Waals surface area contributed by atoms with Gasteiger partial charge in [0.2, 0.25) is 0 Å². The minimum Gasteiger partial charge on any atom is -0.478 e. The monoisotopic (exact) mass is 254 g/mol. The van der Waals surface area contributed by atoms with Crippen molar-refractivity contribution in [2.75, 3.05) is 0 Å². The molecular formula is C15H14N2O2. The summed E-state index contributed by atoms with van der Waals surface area (Å²) in [7, 11) is 0. The Hall–Kier alpha value is -2.49. The SMILES string of the molecule is Cc1ccc2c(Cc3cc[nH]c3)c(C(=O)O)cn2c1. The van der Waals surface area contributed by atoms with Crippen LogP contribution in [0, 0.1) is 6.92 Å². The topological polar surface area (TPSA) is 57.5 Å². The number of H-pyrrole nitrogens is 1. The van der Waals surface area contributed by atoms with Gasteiger partial charge in [0.15, 0.2) is 0 Å². The van der Waals surface area contributed by atoms with Crippen LogP contribution in [0.2, 0.25) is 0 Å². The summed E-state index contributed by atoms with van der Waals surface area (Å²) >= 11 is 0. The molecule has 4 heteroatoms. The molecule has 0 aliphatic carbocycles. The number of carbonyl (C=O) groups is 1. The molecule has 0 aromatic carbocycles. The standard InChI is InChI=1S/C15H14N2O2/c1-10-2-3-14-12(6-11-4-5-16-7-11)13(15(18)19)9-17(14)8-10/h2-5,7-9,16H,6H2,1H3,(H,18,19). The minimum absolute atomic E-state index is 0.367. The lowest BCUT2D eigenvalue weighted by Crippen LogP contribution is -1.99. The molecule has 3 aromatic rings. The average molecular weight is 254 g/mol. The van der Waals surface area contributed by atoms with Crippen LogP contribution in [0.1, 0.15) is 27.0 Å². The molecule has 0 unspecified atom stereocenters. The van der Waals surface area contributed by atoms with Gasteiger partial charge in [0.05, 0.1) is 5.56 Å². The number of pyridine rings is 1. The zero-order valence-corrected chi connectivity index (χ0v) is 10.6. The summed E-state index contributed by atoms with van der Waals surface area (Å²) in [5, 5.41) is 9.34. The van der Waals surface area contributed by atoms with Crippen molar-refractivity contribution in [1.82, 2.24) is 9.38 Å². The van der Waals surface area contributed by atoms with E-state index in [2.05, 4.69) is 4.98 Å². The molecule has 0 radical (unpaired) electrons. The van der Waals surface area contributed by atoms with Crippen LogP contribution in [-0.4, -0.2) is 20.5 Å². The van der Waals surface area contributed by atoms with Crippen molar-refractivity contribution in [1.29, 1.82) is 0 Å². The molecule has 0 spiro atoms. The first-order chi connectivity index (χ1) is 9.15. The zero-order valence-electron chi connectivity index (χ0n) is 10.6. The maximum Gasteiger partial charge on any atom is 0.337 e. The van der Waals surface area contributed by atoms with Crippen molar-refractivity contribution in [3.05, 3.63) is 65.2 Å². The number of carboxylic acid groups (broad SMARTS) is 1.